The Labute approximate surface area is 170 Å². The molecule has 0 N–H and O–H groups in total. The summed E-state index contributed by atoms with van der Waals surface area (Å²) in [6, 6.07) is 15.0. The van der Waals surface area contributed by atoms with Crippen LogP contribution in [0.4, 0.5) is 0 Å². The minimum Gasteiger partial charge on any atom is -0.494 e. The van der Waals surface area contributed by atoms with Gasteiger partial charge in [0, 0.05) is 10.6 Å². The summed E-state index contributed by atoms with van der Waals surface area (Å²) in [5, 5.41) is 4.98. The molecule has 0 aliphatic rings. The molecule has 0 aliphatic heterocycles. The number of fused-ring (bicyclic) bond motifs is 1. The van der Waals surface area contributed by atoms with Crippen molar-refractivity contribution >= 4 is 34.0 Å². The second-order valence-corrected chi connectivity index (χ2v) is 7.71. The van der Waals surface area contributed by atoms with Gasteiger partial charge >= 0.3 is 0 Å². The molecule has 0 fully saturated rings. The van der Waals surface area contributed by atoms with Crippen molar-refractivity contribution in [1.82, 2.24) is 14.6 Å². The third-order valence-corrected chi connectivity index (χ3v) is 5.56. The summed E-state index contributed by atoms with van der Waals surface area (Å²) in [5.74, 6) is 1.34. The first-order valence-electron chi connectivity index (χ1n) is 9.05. The van der Waals surface area contributed by atoms with Crippen molar-refractivity contribution in [1.29, 1.82) is 0 Å². The van der Waals surface area contributed by atoms with E-state index in [9.17, 15) is 4.79 Å². The first-order chi connectivity index (χ1) is 13.7. The van der Waals surface area contributed by atoms with Crippen molar-refractivity contribution in [2.24, 2.45) is 0 Å². The minimum atomic E-state index is -0.196. The van der Waals surface area contributed by atoms with Crippen LogP contribution in [0, 0.1) is 0 Å². The van der Waals surface area contributed by atoms with Crippen LogP contribution < -0.4 is 14.8 Å². The van der Waals surface area contributed by atoms with E-state index in [1.54, 1.807) is 12.1 Å². The molecule has 0 amide bonds. The number of halogens is 1. The Hall–Kier alpha value is -2.70. The molecule has 4 aromatic rings. The number of unbranched alkanes of at least 4 members (excludes halogenated alkanes) is 1. The zero-order valence-corrected chi connectivity index (χ0v) is 16.8. The van der Waals surface area contributed by atoms with Crippen LogP contribution in [0.1, 0.15) is 25.3 Å². The standard InChI is InChI=1S/C21H18ClN3O2S/c1-2-3-12-27-16-10-8-14(9-11-16)19-23-21-25(24-19)20(26)18(28-21)13-15-6-4-5-7-17(15)22/h4-11,13H,2-3,12H2,1H3/b18-13-. The van der Waals surface area contributed by atoms with Gasteiger partial charge < -0.3 is 4.74 Å². The fourth-order valence-corrected chi connectivity index (χ4v) is 3.81. The quantitative estimate of drug-likeness (QED) is 0.446. The maximum Gasteiger partial charge on any atom is 0.291 e. The molecule has 0 radical (unpaired) electrons. The highest BCUT2D eigenvalue weighted by molar-refractivity contribution is 7.15. The normalized spacial score (nSPS) is 12.0. The van der Waals surface area contributed by atoms with Crippen LogP contribution in [0.3, 0.4) is 0 Å². The van der Waals surface area contributed by atoms with Crippen LogP contribution in [0.15, 0.2) is 53.3 Å². The van der Waals surface area contributed by atoms with Crippen LogP contribution >= 0.6 is 22.9 Å². The van der Waals surface area contributed by atoms with Gasteiger partial charge in [0.1, 0.15) is 5.75 Å². The van der Waals surface area contributed by atoms with E-state index in [0.717, 1.165) is 29.7 Å². The fraction of sp³-hybridized carbons (Fsp3) is 0.190. The van der Waals surface area contributed by atoms with E-state index >= 15 is 0 Å². The molecule has 2 aromatic heterocycles. The van der Waals surface area contributed by atoms with Crippen LogP contribution in [0.2, 0.25) is 5.02 Å². The van der Waals surface area contributed by atoms with Crippen molar-refractivity contribution in [2.75, 3.05) is 6.61 Å². The summed E-state index contributed by atoms with van der Waals surface area (Å²) in [7, 11) is 0. The molecule has 142 valence electrons. The molecule has 0 saturated carbocycles. The first-order valence-corrected chi connectivity index (χ1v) is 10.2. The second kappa shape index (κ2) is 8.12. The number of aromatic nitrogens is 3. The zero-order valence-electron chi connectivity index (χ0n) is 15.3. The molecule has 7 heteroatoms. The summed E-state index contributed by atoms with van der Waals surface area (Å²) in [6.45, 7) is 2.84. The number of hydrogen-bond acceptors (Lipinski definition) is 5. The van der Waals surface area contributed by atoms with E-state index < -0.39 is 0 Å². The third-order valence-electron chi connectivity index (χ3n) is 4.25. The van der Waals surface area contributed by atoms with Gasteiger partial charge in [-0.3, -0.25) is 4.79 Å². The lowest BCUT2D eigenvalue weighted by Crippen LogP contribution is -2.23. The van der Waals surface area contributed by atoms with Gasteiger partial charge in [-0.15, -0.1) is 5.10 Å². The summed E-state index contributed by atoms with van der Waals surface area (Å²) in [6.07, 6.45) is 3.90. The number of benzene rings is 2. The van der Waals surface area contributed by atoms with E-state index in [4.69, 9.17) is 16.3 Å². The molecule has 0 spiro atoms. The monoisotopic (exact) mass is 411 g/mol. The highest BCUT2D eigenvalue weighted by Gasteiger charge is 2.12. The van der Waals surface area contributed by atoms with Crippen LogP contribution in [-0.2, 0) is 0 Å². The Morgan fingerprint density at radius 1 is 1.18 bits per heavy atom. The molecule has 5 nitrogen and oxygen atoms in total. The third kappa shape index (κ3) is 3.79. The zero-order chi connectivity index (χ0) is 19.5. The van der Waals surface area contributed by atoms with Crippen LogP contribution in [-0.4, -0.2) is 21.2 Å². The van der Waals surface area contributed by atoms with Crippen molar-refractivity contribution in [3.05, 3.63) is 74.0 Å². The Morgan fingerprint density at radius 3 is 2.68 bits per heavy atom. The number of nitrogens with zero attached hydrogens (tertiary/aromatic N) is 3. The summed E-state index contributed by atoms with van der Waals surface area (Å²) >= 11 is 7.48. The molecule has 0 unspecified atom stereocenters. The maximum atomic E-state index is 12.7. The van der Waals surface area contributed by atoms with Gasteiger partial charge in [-0.2, -0.15) is 9.50 Å². The Bertz CT molecular complexity index is 1210. The predicted molar refractivity (Wildman–Crippen MR) is 113 cm³/mol. The lowest BCUT2D eigenvalue weighted by molar-refractivity contribution is 0.309. The largest absolute Gasteiger partial charge is 0.494 e. The van der Waals surface area contributed by atoms with Gasteiger partial charge in [-0.1, -0.05) is 54.5 Å². The van der Waals surface area contributed by atoms with Gasteiger partial charge in [-0.05, 0) is 48.4 Å². The van der Waals surface area contributed by atoms with E-state index in [2.05, 4.69) is 17.0 Å². The molecular formula is C21H18ClN3O2S. The summed E-state index contributed by atoms with van der Waals surface area (Å²) < 4.78 is 7.57. The molecule has 0 bridgehead atoms. The average Bonchev–Trinajstić information content (AvgIpc) is 3.24. The van der Waals surface area contributed by atoms with E-state index in [1.165, 1.54) is 15.9 Å². The molecular weight excluding hydrogens is 394 g/mol. The van der Waals surface area contributed by atoms with Crippen LogP contribution in [0.25, 0.3) is 22.4 Å². The number of thiazole rings is 1. The molecule has 2 aromatic carbocycles. The number of rotatable bonds is 6. The summed E-state index contributed by atoms with van der Waals surface area (Å²) in [5.41, 5.74) is 1.44. The lowest BCUT2D eigenvalue weighted by Gasteiger charge is -2.05. The Kier molecular flexibility index (Phi) is 5.41. The SMILES string of the molecule is CCCCOc1ccc(-c2nc3s/c(=C\c4ccccc4Cl)c(=O)n3n2)cc1. The van der Waals surface area contributed by atoms with Gasteiger partial charge in [-0.25, -0.2) is 0 Å². The van der Waals surface area contributed by atoms with Gasteiger partial charge in [0.25, 0.3) is 5.56 Å². The molecule has 4 rings (SSSR count). The Morgan fingerprint density at radius 2 is 1.96 bits per heavy atom. The number of hydrogen-bond donors (Lipinski definition) is 0. The van der Waals surface area contributed by atoms with Crippen molar-refractivity contribution in [3.8, 4) is 17.1 Å². The highest BCUT2D eigenvalue weighted by atomic mass is 35.5. The van der Waals surface area contributed by atoms with E-state index in [1.807, 2.05) is 42.5 Å². The number of ether oxygens (including phenoxy) is 1. The van der Waals surface area contributed by atoms with Gasteiger partial charge in [0.05, 0.1) is 11.1 Å². The predicted octanol–water partition coefficient (Wildman–Crippen LogP) is 4.20. The smallest absolute Gasteiger partial charge is 0.291 e. The van der Waals surface area contributed by atoms with Gasteiger partial charge in [0.15, 0.2) is 5.82 Å². The Balaban J connectivity index is 1.63. The van der Waals surface area contributed by atoms with E-state index in [0.29, 0.717) is 26.9 Å². The first kappa shape index (κ1) is 18.7. The van der Waals surface area contributed by atoms with Crippen molar-refractivity contribution in [2.45, 2.75) is 19.8 Å². The average molecular weight is 412 g/mol. The molecule has 28 heavy (non-hydrogen) atoms. The fourth-order valence-electron chi connectivity index (χ4n) is 2.72. The minimum absolute atomic E-state index is 0.196. The maximum absolute atomic E-state index is 12.7. The second-order valence-electron chi connectivity index (χ2n) is 6.29. The van der Waals surface area contributed by atoms with Gasteiger partial charge in [0.2, 0.25) is 4.96 Å². The van der Waals surface area contributed by atoms with E-state index in [-0.39, 0.29) is 5.56 Å². The highest BCUT2D eigenvalue weighted by Crippen LogP contribution is 2.21. The lowest BCUT2D eigenvalue weighted by atomic mass is 10.2. The van der Waals surface area contributed by atoms with Crippen molar-refractivity contribution < 1.29 is 4.74 Å². The summed E-state index contributed by atoms with van der Waals surface area (Å²) in [4.78, 5) is 17.7. The van der Waals surface area contributed by atoms with Crippen LogP contribution in [0.5, 0.6) is 5.75 Å². The topological polar surface area (TPSA) is 56.5 Å². The molecule has 0 saturated heterocycles. The molecule has 0 atom stereocenters. The molecule has 0 aliphatic carbocycles. The van der Waals surface area contributed by atoms with Crippen molar-refractivity contribution in [3.63, 3.8) is 0 Å². The molecule has 2 heterocycles.